The van der Waals surface area contributed by atoms with Crippen molar-refractivity contribution in [2.45, 2.75) is 32.0 Å². The molecule has 0 spiro atoms. The fourth-order valence-corrected chi connectivity index (χ4v) is 1.28. The Morgan fingerprint density at radius 2 is 2.44 bits per heavy atom. The molecule has 1 fully saturated rings. The van der Waals surface area contributed by atoms with Crippen molar-refractivity contribution >= 4 is 0 Å². The van der Waals surface area contributed by atoms with Crippen molar-refractivity contribution < 1.29 is 9.47 Å². The molecule has 0 aromatic heterocycles. The van der Waals surface area contributed by atoms with Crippen LogP contribution in [-0.4, -0.2) is 25.9 Å². The van der Waals surface area contributed by atoms with Crippen LogP contribution >= 0.6 is 0 Å². The molecule has 0 bridgehead atoms. The molecule has 0 saturated carbocycles. The highest BCUT2D eigenvalue weighted by atomic mass is 16.5. The molecule has 0 unspecified atom stereocenters. The second kappa shape index (κ2) is 3.18. The van der Waals surface area contributed by atoms with Gasteiger partial charge in [0.1, 0.15) is 0 Å². The van der Waals surface area contributed by atoms with Gasteiger partial charge in [-0.2, -0.15) is 0 Å². The molecular formula is C7H14O2. The molecule has 1 aliphatic heterocycles. The molecule has 0 radical (unpaired) electrons. The topological polar surface area (TPSA) is 18.5 Å². The third-order valence-corrected chi connectivity index (χ3v) is 1.85. The lowest BCUT2D eigenvalue weighted by molar-refractivity contribution is 0.0144. The Morgan fingerprint density at radius 3 is 2.89 bits per heavy atom. The van der Waals surface area contributed by atoms with Gasteiger partial charge < -0.3 is 9.47 Å². The number of rotatable bonds is 2. The predicted octanol–water partition coefficient (Wildman–Crippen LogP) is 1.20. The third-order valence-electron chi connectivity index (χ3n) is 1.85. The van der Waals surface area contributed by atoms with E-state index in [9.17, 15) is 0 Å². The van der Waals surface area contributed by atoms with Crippen molar-refractivity contribution in [3.63, 3.8) is 0 Å². The van der Waals surface area contributed by atoms with Crippen molar-refractivity contribution in [1.82, 2.24) is 0 Å². The SMILES string of the molecule is CC[C@H]1OCC[C@H]1OC. The van der Waals surface area contributed by atoms with Crippen molar-refractivity contribution in [1.29, 1.82) is 0 Å². The quantitative estimate of drug-likeness (QED) is 0.559. The standard InChI is InChI=1S/C7H14O2/c1-3-6-7(8-2)4-5-9-6/h6-7H,3-5H2,1-2H3/t6-,7-/m1/s1. The Hall–Kier alpha value is -0.0800. The zero-order valence-corrected chi connectivity index (χ0v) is 6.09. The Bertz CT molecular complexity index is 73.0. The van der Waals surface area contributed by atoms with Gasteiger partial charge in [-0.05, 0) is 12.8 Å². The van der Waals surface area contributed by atoms with E-state index in [1.807, 2.05) is 0 Å². The normalized spacial score (nSPS) is 35.3. The van der Waals surface area contributed by atoms with E-state index in [1.54, 1.807) is 7.11 Å². The highest BCUT2D eigenvalue weighted by molar-refractivity contribution is 4.74. The van der Waals surface area contributed by atoms with Crippen LogP contribution in [0.1, 0.15) is 19.8 Å². The van der Waals surface area contributed by atoms with Crippen LogP contribution < -0.4 is 0 Å². The molecule has 9 heavy (non-hydrogen) atoms. The Kier molecular flexibility index (Phi) is 2.49. The molecule has 1 saturated heterocycles. The van der Waals surface area contributed by atoms with Crippen LogP contribution in [0.2, 0.25) is 0 Å². The van der Waals surface area contributed by atoms with Crippen molar-refractivity contribution in [3.05, 3.63) is 0 Å². The van der Waals surface area contributed by atoms with Crippen LogP contribution in [0.15, 0.2) is 0 Å². The van der Waals surface area contributed by atoms with Crippen molar-refractivity contribution in [3.8, 4) is 0 Å². The molecule has 2 atom stereocenters. The van der Waals surface area contributed by atoms with Crippen molar-refractivity contribution in [2.75, 3.05) is 13.7 Å². The third kappa shape index (κ3) is 1.43. The van der Waals surface area contributed by atoms with E-state index in [-0.39, 0.29) is 0 Å². The van der Waals surface area contributed by atoms with Gasteiger partial charge in [0.05, 0.1) is 12.2 Å². The summed E-state index contributed by atoms with van der Waals surface area (Å²) in [5.74, 6) is 0. The highest BCUT2D eigenvalue weighted by Crippen LogP contribution is 2.18. The number of ether oxygens (including phenoxy) is 2. The molecule has 0 aliphatic carbocycles. The van der Waals surface area contributed by atoms with Gasteiger partial charge in [-0.15, -0.1) is 0 Å². The number of hydrogen-bond acceptors (Lipinski definition) is 2. The van der Waals surface area contributed by atoms with Gasteiger partial charge in [0.15, 0.2) is 0 Å². The van der Waals surface area contributed by atoms with Gasteiger partial charge in [-0.1, -0.05) is 6.92 Å². The van der Waals surface area contributed by atoms with Crippen LogP contribution in [-0.2, 0) is 9.47 Å². The van der Waals surface area contributed by atoms with Gasteiger partial charge in [0, 0.05) is 13.7 Å². The van der Waals surface area contributed by atoms with E-state index in [0.717, 1.165) is 19.4 Å². The maximum atomic E-state index is 5.38. The molecule has 54 valence electrons. The second-order valence-electron chi connectivity index (χ2n) is 2.38. The summed E-state index contributed by atoms with van der Waals surface area (Å²) in [6.45, 7) is 3.00. The lowest BCUT2D eigenvalue weighted by atomic mass is 10.1. The minimum Gasteiger partial charge on any atom is -0.379 e. The van der Waals surface area contributed by atoms with E-state index in [2.05, 4.69) is 6.92 Å². The maximum Gasteiger partial charge on any atom is 0.0854 e. The largest absolute Gasteiger partial charge is 0.379 e. The van der Waals surface area contributed by atoms with Gasteiger partial charge in [0.2, 0.25) is 0 Å². The van der Waals surface area contributed by atoms with Crippen LogP contribution in [0.5, 0.6) is 0 Å². The summed E-state index contributed by atoms with van der Waals surface area (Å²) in [7, 11) is 1.75. The van der Waals surface area contributed by atoms with Crippen LogP contribution in [0.25, 0.3) is 0 Å². The van der Waals surface area contributed by atoms with Crippen molar-refractivity contribution in [2.24, 2.45) is 0 Å². The summed E-state index contributed by atoms with van der Waals surface area (Å²) >= 11 is 0. The summed E-state index contributed by atoms with van der Waals surface area (Å²) < 4.78 is 10.6. The number of methoxy groups -OCH3 is 1. The van der Waals surface area contributed by atoms with E-state index < -0.39 is 0 Å². The molecular weight excluding hydrogens is 116 g/mol. The fraction of sp³-hybridized carbons (Fsp3) is 1.00. The molecule has 1 heterocycles. The average Bonchev–Trinajstić information content (AvgIpc) is 2.33. The van der Waals surface area contributed by atoms with Crippen LogP contribution in [0, 0.1) is 0 Å². The molecule has 0 aromatic carbocycles. The van der Waals surface area contributed by atoms with Gasteiger partial charge in [0.25, 0.3) is 0 Å². The zero-order valence-electron chi connectivity index (χ0n) is 6.09. The predicted molar refractivity (Wildman–Crippen MR) is 35.4 cm³/mol. The lowest BCUT2D eigenvalue weighted by Gasteiger charge is -2.13. The smallest absolute Gasteiger partial charge is 0.0854 e. The Labute approximate surface area is 56.2 Å². The monoisotopic (exact) mass is 130 g/mol. The first-order valence-electron chi connectivity index (χ1n) is 3.53. The van der Waals surface area contributed by atoms with Gasteiger partial charge in [-0.3, -0.25) is 0 Å². The summed E-state index contributed by atoms with van der Waals surface area (Å²) in [5.41, 5.74) is 0. The number of hydrogen-bond donors (Lipinski definition) is 0. The average molecular weight is 130 g/mol. The van der Waals surface area contributed by atoms with E-state index in [0.29, 0.717) is 12.2 Å². The maximum absolute atomic E-state index is 5.38. The Morgan fingerprint density at radius 1 is 1.67 bits per heavy atom. The summed E-state index contributed by atoms with van der Waals surface area (Å²) in [6, 6.07) is 0. The van der Waals surface area contributed by atoms with Gasteiger partial charge in [-0.25, -0.2) is 0 Å². The molecule has 0 aromatic rings. The van der Waals surface area contributed by atoms with E-state index in [4.69, 9.17) is 9.47 Å². The van der Waals surface area contributed by atoms with E-state index >= 15 is 0 Å². The first-order valence-corrected chi connectivity index (χ1v) is 3.53. The second-order valence-corrected chi connectivity index (χ2v) is 2.38. The molecule has 1 rings (SSSR count). The molecule has 2 heteroatoms. The zero-order chi connectivity index (χ0) is 6.69. The first-order chi connectivity index (χ1) is 4.38. The highest BCUT2D eigenvalue weighted by Gasteiger charge is 2.25. The molecule has 0 amide bonds. The van der Waals surface area contributed by atoms with E-state index in [1.165, 1.54) is 0 Å². The first kappa shape index (κ1) is 7.03. The molecule has 1 aliphatic rings. The summed E-state index contributed by atoms with van der Waals surface area (Å²) in [6.07, 6.45) is 2.85. The van der Waals surface area contributed by atoms with Crippen LogP contribution in [0.4, 0.5) is 0 Å². The minimum absolute atomic E-state index is 0.356. The fourth-order valence-electron chi connectivity index (χ4n) is 1.28. The lowest BCUT2D eigenvalue weighted by Crippen LogP contribution is -2.21. The molecule has 0 N–H and O–H groups in total. The van der Waals surface area contributed by atoms with Crippen LogP contribution in [0.3, 0.4) is 0 Å². The summed E-state index contributed by atoms with van der Waals surface area (Å²) in [5, 5.41) is 0. The van der Waals surface area contributed by atoms with Gasteiger partial charge >= 0.3 is 0 Å². The Balaban J connectivity index is 2.32. The minimum atomic E-state index is 0.356. The summed E-state index contributed by atoms with van der Waals surface area (Å²) in [4.78, 5) is 0. The molecule has 2 nitrogen and oxygen atoms in total.